The maximum absolute atomic E-state index is 11.6. The molecule has 0 heterocycles. The van der Waals surface area contributed by atoms with Crippen LogP contribution in [0.25, 0.3) is 0 Å². The fraction of sp³-hybridized carbons (Fsp3) is 0.562. The molecule has 0 saturated heterocycles. The van der Waals surface area contributed by atoms with Crippen LogP contribution in [-0.2, 0) is 11.3 Å². The third-order valence-electron chi connectivity index (χ3n) is 3.01. The maximum atomic E-state index is 11.6. The molecule has 0 aliphatic carbocycles. The summed E-state index contributed by atoms with van der Waals surface area (Å²) in [6.45, 7) is 3.26. The lowest BCUT2D eigenvalue weighted by molar-refractivity contribution is -0.121. The smallest absolute Gasteiger partial charge is 0.220 e. The highest BCUT2D eigenvalue weighted by molar-refractivity contribution is 6.17. The van der Waals surface area contributed by atoms with E-state index >= 15 is 0 Å². The molecule has 0 fully saturated rings. The van der Waals surface area contributed by atoms with Gasteiger partial charge in [0.15, 0.2) is 11.5 Å². The first-order chi connectivity index (χ1) is 10.2. The minimum Gasteiger partial charge on any atom is -0.493 e. The van der Waals surface area contributed by atoms with Gasteiger partial charge in [-0.25, -0.2) is 0 Å². The number of hydrogen-bond acceptors (Lipinski definition) is 3. The quantitative estimate of drug-likeness (QED) is 0.531. The summed E-state index contributed by atoms with van der Waals surface area (Å²) in [5.41, 5.74) is 0.988. The number of unbranched alkanes of at least 4 members (excludes halogenated alkanes) is 1. The monoisotopic (exact) mass is 313 g/mol. The van der Waals surface area contributed by atoms with Gasteiger partial charge >= 0.3 is 0 Å². The van der Waals surface area contributed by atoms with Gasteiger partial charge in [-0.15, -0.1) is 11.6 Å². The summed E-state index contributed by atoms with van der Waals surface area (Å²) >= 11 is 5.57. The van der Waals surface area contributed by atoms with Crippen molar-refractivity contribution in [3.63, 3.8) is 0 Å². The summed E-state index contributed by atoms with van der Waals surface area (Å²) in [5.74, 6) is 1.95. The first-order valence-corrected chi connectivity index (χ1v) is 7.87. The molecule has 1 rings (SSSR count). The Kier molecular flexibility index (Phi) is 8.67. The Labute approximate surface area is 131 Å². The number of amides is 1. The van der Waals surface area contributed by atoms with Gasteiger partial charge in [0.05, 0.1) is 13.7 Å². The zero-order valence-electron chi connectivity index (χ0n) is 12.8. The molecule has 0 aliphatic heterocycles. The molecule has 0 aromatic heterocycles. The summed E-state index contributed by atoms with van der Waals surface area (Å²) in [5, 5.41) is 2.87. The Morgan fingerprint density at radius 1 is 1.29 bits per heavy atom. The van der Waals surface area contributed by atoms with E-state index in [9.17, 15) is 4.79 Å². The van der Waals surface area contributed by atoms with Crippen LogP contribution in [-0.4, -0.2) is 25.5 Å². The van der Waals surface area contributed by atoms with Gasteiger partial charge in [0.1, 0.15) is 0 Å². The number of rotatable bonds is 10. The Morgan fingerprint density at radius 3 is 2.76 bits per heavy atom. The van der Waals surface area contributed by atoms with E-state index in [-0.39, 0.29) is 5.91 Å². The molecule has 0 aliphatic rings. The largest absolute Gasteiger partial charge is 0.493 e. The molecular weight excluding hydrogens is 290 g/mol. The van der Waals surface area contributed by atoms with E-state index in [4.69, 9.17) is 21.1 Å². The normalized spacial score (nSPS) is 10.2. The van der Waals surface area contributed by atoms with Crippen LogP contribution in [0.2, 0.25) is 0 Å². The maximum Gasteiger partial charge on any atom is 0.220 e. The second-order valence-corrected chi connectivity index (χ2v) is 5.13. The second kappa shape index (κ2) is 10.3. The lowest BCUT2D eigenvalue weighted by atomic mass is 10.2. The predicted molar refractivity (Wildman–Crippen MR) is 85.2 cm³/mol. The topological polar surface area (TPSA) is 47.6 Å². The lowest BCUT2D eigenvalue weighted by Crippen LogP contribution is -2.22. The molecule has 1 amide bonds. The first kappa shape index (κ1) is 17.6. The Balaban J connectivity index is 2.58. The van der Waals surface area contributed by atoms with Crippen molar-refractivity contribution in [1.82, 2.24) is 5.32 Å². The van der Waals surface area contributed by atoms with E-state index in [1.54, 1.807) is 7.11 Å². The first-order valence-electron chi connectivity index (χ1n) is 7.33. The SMILES string of the molecule is CCCCOc1cc(CNC(=O)CCCCl)ccc1OC. The highest BCUT2D eigenvalue weighted by Crippen LogP contribution is 2.28. The summed E-state index contributed by atoms with van der Waals surface area (Å²) in [4.78, 5) is 11.6. The van der Waals surface area contributed by atoms with Crippen molar-refractivity contribution in [2.75, 3.05) is 19.6 Å². The van der Waals surface area contributed by atoms with Gasteiger partial charge in [0.2, 0.25) is 5.91 Å². The Hall–Kier alpha value is -1.42. The Morgan fingerprint density at radius 2 is 2.10 bits per heavy atom. The van der Waals surface area contributed by atoms with Crippen molar-refractivity contribution in [3.8, 4) is 11.5 Å². The van der Waals surface area contributed by atoms with E-state index in [1.807, 2.05) is 18.2 Å². The Bertz CT molecular complexity index is 438. The average Bonchev–Trinajstić information content (AvgIpc) is 2.51. The van der Waals surface area contributed by atoms with Crippen molar-refractivity contribution < 1.29 is 14.3 Å². The standard InChI is InChI=1S/C16H24ClNO3/c1-3-4-10-21-15-11-13(7-8-14(15)20-2)12-18-16(19)6-5-9-17/h7-8,11H,3-6,9-10,12H2,1-2H3,(H,18,19). The second-order valence-electron chi connectivity index (χ2n) is 4.76. The van der Waals surface area contributed by atoms with Gasteiger partial charge in [-0.1, -0.05) is 19.4 Å². The summed E-state index contributed by atoms with van der Waals surface area (Å²) in [6.07, 6.45) is 3.24. The molecule has 1 aromatic rings. The molecule has 0 unspecified atom stereocenters. The van der Waals surface area contributed by atoms with Gasteiger partial charge < -0.3 is 14.8 Å². The van der Waals surface area contributed by atoms with E-state index in [0.717, 1.165) is 24.2 Å². The third-order valence-corrected chi connectivity index (χ3v) is 3.28. The van der Waals surface area contributed by atoms with Crippen LogP contribution < -0.4 is 14.8 Å². The van der Waals surface area contributed by atoms with E-state index in [0.29, 0.717) is 37.6 Å². The molecule has 5 heteroatoms. The van der Waals surface area contributed by atoms with Crippen LogP contribution in [0.1, 0.15) is 38.2 Å². The molecular formula is C16H24ClNO3. The van der Waals surface area contributed by atoms with E-state index in [1.165, 1.54) is 0 Å². The van der Waals surface area contributed by atoms with Gasteiger partial charge in [-0.3, -0.25) is 4.79 Å². The molecule has 0 saturated carbocycles. The molecule has 0 atom stereocenters. The predicted octanol–water partition coefficient (Wildman–Crippen LogP) is 3.51. The van der Waals surface area contributed by atoms with Crippen LogP contribution in [0.5, 0.6) is 11.5 Å². The lowest BCUT2D eigenvalue weighted by Gasteiger charge is -2.12. The number of hydrogen-bond donors (Lipinski definition) is 1. The number of carbonyl (C=O) groups is 1. The fourth-order valence-electron chi connectivity index (χ4n) is 1.79. The number of halogens is 1. The molecule has 21 heavy (non-hydrogen) atoms. The minimum atomic E-state index is 0.0138. The van der Waals surface area contributed by atoms with Crippen molar-refractivity contribution in [2.45, 2.75) is 39.2 Å². The zero-order valence-corrected chi connectivity index (χ0v) is 13.5. The average molecular weight is 314 g/mol. The molecule has 0 spiro atoms. The number of nitrogens with one attached hydrogen (secondary N) is 1. The summed E-state index contributed by atoms with van der Waals surface area (Å²) in [6, 6.07) is 5.70. The van der Waals surface area contributed by atoms with Crippen LogP contribution >= 0.6 is 11.6 Å². The number of ether oxygens (including phenoxy) is 2. The number of alkyl halides is 1. The van der Waals surface area contributed by atoms with Crippen molar-refractivity contribution in [1.29, 1.82) is 0 Å². The third kappa shape index (κ3) is 6.71. The summed E-state index contributed by atoms with van der Waals surface area (Å²) < 4.78 is 11.0. The fourth-order valence-corrected chi connectivity index (χ4v) is 1.92. The number of benzene rings is 1. The van der Waals surface area contributed by atoms with E-state index < -0.39 is 0 Å². The minimum absolute atomic E-state index is 0.0138. The molecule has 1 N–H and O–H groups in total. The van der Waals surface area contributed by atoms with Gasteiger partial charge in [-0.2, -0.15) is 0 Å². The molecule has 0 bridgehead atoms. The highest BCUT2D eigenvalue weighted by atomic mass is 35.5. The van der Waals surface area contributed by atoms with Gasteiger partial charge in [0, 0.05) is 18.8 Å². The molecule has 118 valence electrons. The van der Waals surface area contributed by atoms with Crippen LogP contribution in [0.3, 0.4) is 0 Å². The van der Waals surface area contributed by atoms with Crippen molar-refractivity contribution >= 4 is 17.5 Å². The number of methoxy groups -OCH3 is 1. The molecule has 0 radical (unpaired) electrons. The number of carbonyl (C=O) groups excluding carboxylic acids is 1. The van der Waals surface area contributed by atoms with Crippen molar-refractivity contribution in [3.05, 3.63) is 23.8 Å². The highest BCUT2D eigenvalue weighted by Gasteiger charge is 2.07. The van der Waals surface area contributed by atoms with Crippen LogP contribution in [0.4, 0.5) is 0 Å². The summed E-state index contributed by atoms with van der Waals surface area (Å²) in [7, 11) is 1.62. The zero-order chi connectivity index (χ0) is 15.5. The van der Waals surface area contributed by atoms with Gasteiger partial charge in [-0.05, 0) is 30.5 Å². The van der Waals surface area contributed by atoms with Crippen LogP contribution in [0.15, 0.2) is 18.2 Å². The molecule has 1 aromatic carbocycles. The van der Waals surface area contributed by atoms with Crippen molar-refractivity contribution in [2.24, 2.45) is 0 Å². The van der Waals surface area contributed by atoms with Crippen LogP contribution in [0, 0.1) is 0 Å². The van der Waals surface area contributed by atoms with E-state index in [2.05, 4.69) is 12.2 Å². The molecule has 4 nitrogen and oxygen atoms in total. The van der Waals surface area contributed by atoms with Gasteiger partial charge in [0.25, 0.3) is 0 Å².